The van der Waals surface area contributed by atoms with Crippen molar-refractivity contribution in [3.05, 3.63) is 0 Å². The lowest BCUT2D eigenvalue weighted by atomic mass is 10.3. The number of unbranched alkanes of at least 4 members (excludes halogenated alkanes) is 1. The Hall–Kier alpha value is -0.810. The molecule has 0 atom stereocenters. The monoisotopic (exact) mass is 243 g/mol. The van der Waals surface area contributed by atoms with E-state index in [-0.39, 0.29) is 0 Å². The van der Waals surface area contributed by atoms with Gasteiger partial charge in [0.1, 0.15) is 0 Å². The van der Waals surface area contributed by atoms with Crippen LogP contribution in [0.3, 0.4) is 0 Å². The number of hydrogen-bond donors (Lipinski definition) is 3. The van der Waals surface area contributed by atoms with Crippen molar-refractivity contribution < 1.29 is 0 Å². The maximum absolute atomic E-state index is 5.41. The first kappa shape index (κ1) is 16.2. The molecule has 0 unspecified atom stereocenters. The fourth-order valence-electron chi connectivity index (χ4n) is 1.58. The van der Waals surface area contributed by atoms with Gasteiger partial charge in [-0.2, -0.15) is 0 Å². The molecule has 102 valence electrons. The Morgan fingerprint density at radius 1 is 1.18 bits per heavy atom. The molecule has 0 spiro atoms. The van der Waals surface area contributed by atoms with Crippen molar-refractivity contribution in [2.45, 2.75) is 40.0 Å². The van der Waals surface area contributed by atoms with Crippen LogP contribution in [0.2, 0.25) is 0 Å². The average molecular weight is 243 g/mol. The van der Waals surface area contributed by atoms with Crippen molar-refractivity contribution >= 4 is 5.96 Å². The second-order valence-electron chi connectivity index (χ2n) is 4.09. The van der Waals surface area contributed by atoms with E-state index in [9.17, 15) is 0 Å². The highest BCUT2D eigenvalue weighted by Crippen LogP contribution is 1.89. The summed E-state index contributed by atoms with van der Waals surface area (Å²) in [6, 6.07) is 0. The summed E-state index contributed by atoms with van der Waals surface area (Å²) >= 11 is 0. The fourth-order valence-corrected chi connectivity index (χ4v) is 1.58. The Bertz CT molecular complexity index is 193. The number of hydrazine groups is 1. The smallest absolute Gasteiger partial charge is 0.205 e. The number of hydrogen-bond acceptors (Lipinski definition) is 3. The topological polar surface area (TPSA) is 65.7 Å². The summed E-state index contributed by atoms with van der Waals surface area (Å²) in [7, 11) is 0. The molecule has 0 aromatic carbocycles. The molecule has 0 bridgehead atoms. The van der Waals surface area contributed by atoms with Gasteiger partial charge in [0.2, 0.25) is 5.96 Å². The van der Waals surface area contributed by atoms with Gasteiger partial charge in [0.25, 0.3) is 0 Å². The molecule has 4 N–H and O–H groups in total. The number of rotatable bonds is 9. The largest absolute Gasteiger partial charge is 0.354 e. The van der Waals surface area contributed by atoms with E-state index in [4.69, 9.17) is 5.84 Å². The number of guanidine groups is 1. The summed E-state index contributed by atoms with van der Waals surface area (Å²) in [4.78, 5) is 6.76. The van der Waals surface area contributed by atoms with E-state index in [0.29, 0.717) is 5.96 Å². The van der Waals surface area contributed by atoms with Crippen LogP contribution in [0, 0.1) is 0 Å². The zero-order valence-electron chi connectivity index (χ0n) is 11.6. The second kappa shape index (κ2) is 11.7. The zero-order valence-corrected chi connectivity index (χ0v) is 11.6. The minimum atomic E-state index is 0.700. The van der Waals surface area contributed by atoms with E-state index in [0.717, 1.165) is 45.6 Å². The fraction of sp³-hybridized carbons (Fsp3) is 0.917. The quantitative estimate of drug-likeness (QED) is 0.185. The highest BCUT2D eigenvalue weighted by atomic mass is 15.3. The normalized spacial score (nSPS) is 11.9. The van der Waals surface area contributed by atoms with Gasteiger partial charge in [0.15, 0.2) is 0 Å². The van der Waals surface area contributed by atoms with Crippen LogP contribution in [0.25, 0.3) is 0 Å². The summed E-state index contributed by atoms with van der Waals surface area (Å²) in [5.41, 5.74) is 2.61. The molecule has 0 aromatic rings. The van der Waals surface area contributed by atoms with Gasteiger partial charge in [-0.05, 0) is 25.9 Å². The van der Waals surface area contributed by atoms with E-state index in [2.05, 4.69) is 41.4 Å². The van der Waals surface area contributed by atoms with Crippen LogP contribution in [0.1, 0.15) is 40.0 Å². The molecule has 0 aromatic heterocycles. The molecule has 0 radical (unpaired) electrons. The zero-order chi connectivity index (χ0) is 12.9. The van der Waals surface area contributed by atoms with Gasteiger partial charge in [0.05, 0.1) is 0 Å². The summed E-state index contributed by atoms with van der Waals surface area (Å²) in [5, 5.41) is 3.22. The van der Waals surface area contributed by atoms with Crippen LogP contribution in [0.5, 0.6) is 0 Å². The van der Waals surface area contributed by atoms with Crippen molar-refractivity contribution in [1.82, 2.24) is 15.6 Å². The summed E-state index contributed by atoms with van der Waals surface area (Å²) in [6.45, 7) is 11.5. The van der Waals surface area contributed by atoms with Crippen molar-refractivity contribution in [3.63, 3.8) is 0 Å². The molecule has 0 heterocycles. The summed E-state index contributed by atoms with van der Waals surface area (Å²) in [6.07, 6.45) is 3.45. The van der Waals surface area contributed by atoms with E-state index in [1.54, 1.807) is 0 Å². The van der Waals surface area contributed by atoms with Gasteiger partial charge in [-0.3, -0.25) is 10.4 Å². The van der Waals surface area contributed by atoms with E-state index < -0.39 is 0 Å². The Balaban J connectivity index is 3.77. The van der Waals surface area contributed by atoms with Crippen LogP contribution < -0.4 is 16.6 Å². The third kappa shape index (κ3) is 8.94. The van der Waals surface area contributed by atoms with Crippen LogP contribution >= 0.6 is 0 Å². The molecule has 5 heteroatoms. The van der Waals surface area contributed by atoms with Crippen molar-refractivity contribution in [3.8, 4) is 0 Å². The predicted molar refractivity (Wildman–Crippen MR) is 74.9 cm³/mol. The van der Waals surface area contributed by atoms with Gasteiger partial charge in [-0.25, -0.2) is 5.84 Å². The molecule has 0 aliphatic carbocycles. The summed E-state index contributed by atoms with van der Waals surface area (Å²) < 4.78 is 0. The van der Waals surface area contributed by atoms with E-state index >= 15 is 0 Å². The Morgan fingerprint density at radius 3 is 2.47 bits per heavy atom. The lowest BCUT2D eigenvalue weighted by molar-refractivity contribution is 0.293. The van der Waals surface area contributed by atoms with Crippen LogP contribution in [0.4, 0.5) is 0 Å². The van der Waals surface area contributed by atoms with E-state index in [1.165, 1.54) is 6.42 Å². The van der Waals surface area contributed by atoms with Crippen molar-refractivity contribution in [1.29, 1.82) is 0 Å². The Labute approximate surface area is 106 Å². The number of nitrogens with two attached hydrogens (primary N) is 1. The predicted octanol–water partition coefficient (Wildman–Crippen LogP) is 0.927. The first-order chi connectivity index (χ1) is 8.28. The molecule has 0 rings (SSSR count). The minimum absolute atomic E-state index is 0.700. The Morgan fingerprint density at radius 2 is 1.94 bits per heavy atom. The van der Waals surface area contributed by atoms with Crippen LogP contribution in [-0.2, 0) is 0 Å². The second-order valence-corrected chi connectivity index (χ2v) is 4.09. The third-order valence-electron chi connectivity index (χ3n) is 2.63. The molecule has 0 aliphatic rings. The molecule has 17 heavy (non-hydrogen) atoms. The average Bonchev–Trinajstić information content (AvgIpc) is 2.35. The highest BCUT2D eigenvalue weighted by Gasteiger charge is 2.00. The molecule has 0 aliphatic heterocycles. The number of nitrogens with zero attached hydrogens (tertiary/aromatic N) is 2. The Kier molecular flexibility index (Phi) is 11.1. The maximum atomic E-state index is 5.41. The van der Waals surface area contributed by atoms with Crippen molar-refractivity contribution in [2.24, 2.45) is 10.8 Å². The van der Waals surface area contributed by atoms with E-state index in [1.807, 2.05) is 0 Å². The molecule has 0 saturated heterocycles. The number of nitrogens with one attached hydrogen (secondary N) is 2. The molecule has 5 nitrogen and oxygen atoms in total. The van der Waals surface area contributed by atoms with Gasteiger partial charge in [-0.1, -0.05) is 27.2 Å². The molecular formula is C12H29N5. The summed E-state index contributed by atoms with van der Waals surface area (Å²) in [5.74, 6) is 6.11. The first-order valence-corrected chi connectivity index (χ1v) is 6.75. The lowest BCUT2D eigenvalue weighted by Crippen LogP contribution is -2.44. The molecule has 0 fully saturated rings. The highest BCUT2D eigenvalue weighted by molar-refractivity contribution is 5.79. The minimum Gasteiger partial charge on any atom is -0.354 e. The van der Waals surface area contributed by atoms with Gasteiger partial charge < -0.3 is 10.2 Å². The van der Waals surface area contributed by atoms with Gasteiger partial charge in [-0.15, -0.1) is 0 Å². The standard InChI is InChI=1S/C12H29N5/c1-4-7-8-14-12(16-13)15-9-11-17(6-3)10-5-2/h4-11,13H2,1-3H3,(H2,14,15,16). The maximum Gasteiger partial charge on any atom is 0.205 e. The van der Waals surface area contributed by atoms with Crippen molar-refractivity contribution in [2.75, 3.05) is 32.7 Å². The van der Waals surface area contributed by atoms with Gasteiger partial charge in [0, 0.05) is 19.6 Å². The van der Waals surface area contributed by atoms with Gasteiger partial charge >= 0.3 is 0 Å². The molecular weight excluding hydrogens is 214 g/mol. The molecule has 0 amide bonds. The van der Waals surface area contributed by atoms with Crippen LogP contribution in [-0.4, -0.2) is 43.6 Å². The third-order valence-corrected chi connectivity index (χ3v) is 2.63. The number of aliphatic imine (C=N–C) groups is 1. The van der Waals surface area contributed by atoms with Crippen LogP contribution in [0.15, 0.2) is 4.99 Å². The number of likely N-dealkylation sites (N-methyl/N-ethyl adjacent to an activating group) is 1. The SMILES string of the molecule is CCCCN=C(NN)NCCN(CC)CCC. The lowest BCUT2D eigenvalue weighted by Gasteiger charge is -2.20. The molecule has 0 saturated carbocycles. The first-order valence-electron chi connectivity index (χ1n) is 6.75.